The second kappa shape index (κ2) is 6.07. The summed E-state index contributed by atoms with van der Waals surface area (Å²) in [6, 6.07) is 5.16. The van der Waals surface area contributed by atoms with Gasteiger partial charge in [0.1, 0.15) is 0 Å². The fourth-order valence-corrected chi connectivity index (χ4v) is 2.53. The molecule has 0 spiro atoms. The Bertz CT molecular complexity index is 497. The Morgan fingerprint density at radius 1 is 1.32 bits per heavy atom. The van der Waals surface area contributed by atoms with Gasteiger partial charge in [0.05, 0.1) is 4.99 Å². The number of hydrogen-bond donors (Lipinski definition) is 1. The van der Waals surface area contributed by atoms with Crippen LogP contribution in [0, 0.1) is 0 Å². The summed E-state index contributed by atoms with van der Waals surface area (Å²) >= 11 is 16.7. The number of amides is 1. The van der Waals surface area contributed by atoms with E-state index in [9.17, 15) is 4.79 Å². The predicted molar refractivity (Wildman–Crippen MR) is 81.9 cm³/mol. The minimum absolute atomic E-state index is 0.0665. The van der Waals surface area contributed by atoms with Crippen molar-refractivity contribution in [1.82, 2.24) is 4.90 Å². The molecule has 0 unspecified atom stereocenters. The largest absolute Gasteiger partial charge is 0.393 e. The molecule has 3 nitrogen and oxygen atoms in total. The van der Waals surface area contributed by atoms with E-state index in [1.807, 2.05) is 0 Å². The molecule has 6 heteroatoms. The number of nitrogens with zero attached hydrogens (tertiary/aromatic N) is 1. The highest BCUT2D eigenvalue weighted by molar-refractivity contribution is 7.80. The lowest BCUT2D eigenvalue weighted by Crippen LogP contribution is -2.35. The summed E-state index contributed by atoms with van der Waals surface area (Å²) in [4.78, 5) is 14.7. The number of carbonyl (C=O) groups is 1. The van der Waals surface area contributed by atoms with E-state index in [1.54, 1.807) is 23.1 Å². The average Bonchev–Trinajstić information content (AvgIpc) is 3.11. The first-order valence-corrected chi connectivity index (χ1v) is 7.19. The predicted octanol–water partition coefficient (Wildman–Crippen LogP) is 3.27. The van der Waals surface area contributed by atoms with Crippen molar-refractivity contribution >= 4 is 46.3 Å². The minimum atomic E-state index is -0.0665. The Morgan fingerprint density at radius 2 is 1.89 bits per heavy atom. The van der Waals surface area contributed by atoms with E-state index < -0.39 is 0 Å². The summed E-state index contributed by atoms with van der Waals surface area (Å²) < 4.78 is 0. The first-order valence-electron chi connectivity index (χ1n) is 6.03. The van der Waals surface area contributed by atoms with Crippen LogP contribution in [0.2, 0.25) is 10.0 Å². The third-order valence-corrected chi connectivity index (χ3v) is 3.60. The van der Waals surface area contributed by atoms with Gasteiger partial charge in [-0.2, -0.15) is 0 Å². The quantitative estimate of drug-likeness (QED) is 0.848. The zero-order chi connectivity index (χ0) is 14.0. The number of hydrogen-bond acceptors (Lipinski definition) is 2. The van der Waals surface area contributed by atoms with Crippen molar-refractivity contribution in [3.63, 3.8) is 0 Å². The van der Waals surface area contributed by atoms with E-state index in [4.69, 9.17) is 41.2 Å². The average molecular weight is 317 g/mol. The molecule has 1 aliphatic rings. The molecule has 1 aromatic carbocycles. The van der Waals surface area contributed by atoms with Gasteiger partial charge >= 0.3 is 0 Å². The standard InChI is InChI=1S/C13H14Cl2N2OS/c14-9-5-8(6-10(15)7-9)13(18)17(11-1-2-11)4-3-12(16)19/h5-7,11H,1-4H2,(H2,16,19). The number of halogens is 2. The normalized spacial score (nSPS) is 14.2. The van der Waals surface area contributed by atoms with Gasteiger partial charge < -0.3 is 10.6 Å². The fraction of sp³-hybridized carbons (Fsp3) is 0.385. The monoisotopic (exact) mass is 316 g/mol. The molecule has 102 valence electrons. The topological polar surface area (TPSA) is 46.3 Å². The summed E-state index contributed by atoms with van der Waals surface area (Å²) in [5.41, 5.74) is 6.01. The first kappa shape index (κ1) is 14.6. The van der Waals surface area contributed by atoms with Crippen LogP contribution in [0.25, 0.3) is 0 Å². The van der Waals surface area contributed by atoms with E-state index >= 15 is 0 Å². The number of nitrogens with two attached hydrogens (primary N) is 1. The van der Waals surface area contributed by atoms with Crippen molar-refractivity contribution in [3.8, 4) is 0 Å². The van der Waals surface area contributed by atoms with Gasteiger partial charge in [0, 0.05) is 34.6 Å². The molecule has 2 rings (SSSR count). The summed E-state index contributed by atoms with van der Waals surface area (Å²) in [5, 5.41) is 0.918. The SMILES string of the molecule is NC(=S)CCN(C(=O)c1cc(Cl)cc(Cl)c1)C1CC1. The molecule has 2 N–H and O–H groups in total. The first-order chi connectivity index (χ1) is 8.97. The van der Waals surface area contributed by atoms with Crippen LogP contribution in [-0.2, 0) is 0 Å². The van der Waals surface area contributed by atoms with Crippen LogP contribution in [-0.4, -0.2) is 28.4 Å². The maximum Gasteiger partial charge on any atom is 0.254 e. The number of carbonyl (C=O) groups excluding carboxylic acids is 1. The fourth-order valence-electron chi connectivity index (χ4n) is 1.91. The van der Waals surface area contributed by atoms with Crippen molar-refractivity contribution < 1.29 is 4.79 Å². The molecule has 1 aromatic rings. The third kappa shape index (κ3) is 4.06. The second-order valence-corrected chi connectivity index (χ2v) is 6.00. The van der Waals surface area contributed by atoms with Gasteiger partial charge in [-0.15, -0.1) is 0 Å². The van der Waals surface area contributed by atoms with Crippen molar-refractivity contribution in [2.24, 2.45) is 5.73 Å². The van der Waals surface area contributed by atoms with Crippen LogP contribution in [0.15, 0.2) is 18.2 Å². The van der Waals surface area contributed by atoms with E-state index in [0.29, 0.717) is 39.6 Å². The lowest BCUT2D eigenvalue weighted by molar-refractivity contribution is 0.0748. The summed E-state index contributed by atoms with van der Waals surface area (Å²) in [6.07, 6.45) is 2.58. The molecule has 1 fully saturated rings. The van der Waals surface area contributed by atoms with Gasteiger partial charge in [-0.05, 0) is 31.0 Å². The molecule has 0 heterocycles. The van der Waals surface area contributed by atoms with Crippen LogP contribution in [0.5, 0.6) is 0 Å². The van der Waals surface area contributed by atoms with Crippen LogP contribution in [0.3, 0.4) is 0 Å². The minimum Gasteiger partial charge on any atom is -0.393 e. The Balaban J connectivity index is 2.16. The van der Waals surface area contributed by atoms with Crippen molar-refractivity contribution in [2.75, 3.05) is 6.54 Å². The van der Waals surface area contributed by atoms with Crippen molar-refractivity contribution in [3.05, 3.63) is 33.8 Å². The lowest BCUT2D eigenvalue weighted by Gasteiger charge is -2.22. The number of rotatable bonds is 5. The van der Waals surface area contributed by atoms with Gasteiger partial charge in [-0.1, -0.05) is 35.4 Å². The van der Waals surface area contributed by atoms with E-state index in [1.165, 1.54) is 0 Å². The zero-order valence-electron chi connectivity index (χ0n) is 10.2. The number of benzene rings is 1. The van der Waals surface area contributed by atoms with Crippen LogP contribution in [0.1, 0.15) is 29.6 Å². The molecule has 1 saturated carbocycles. The molecule has 0 atom stereocenters. The Kier molecular flexibility index (Phi) is 4.66. The molecular weight excluding hydrogens is 303 g/mol. The highest BCUT2D eigenvalue weighted by Crippen LogP contribution is 2.29. The van der Waals surface area contributed by atoms with E-state index in [0.717, 1.165) is 12.8 Å². The van der Waals surface area contributed by atoms with Crippen molar-refractivity contribution in [1.29, 1.82) is 0 Å². The van der Waals surface area contributed by atoms with E-state index in [-0.39, 0.29) is 5.91 Å². The molecule has 0 aromatic heterocycles. The molecule has 0 radical (unpaired) electrons. The summed E-state index contributed by atoms with van der Waals surface area (Å²) in [7, 11) is 0. The molecule has 0 bridgehead atoms. The maximum absolute atomic E-state index is 12.5. The van der Waals surface area contributed by atoms with Crippen molar-refractivity contribution in [2.45, 2.75) is 25.3 Å². The number of thiocarbonyl (C=S) groups is 1. The molecule has 1 aliphatic carbocycles. The van der Waals surface area contributed by atoms with Gasteiger partial charge in [0.2, 0.25) is 0 Å². The van der Waals surface area contributed by atoms with Gasteiger partial charge in [-0.3, -0.25) is 4.79 Å². The summed E-state index contributed by atoms with van der Waals surface area (Å²) in [6.45, 7) is 0.545. The summed E-state index contributed by atoms with van der Waals surface area (Å²) in [5.74, 6) is -0.0665. The van der Waals surface area contributed by atoms with Crippen LogP contribution < -0.4 is 5.73 Å². The Morgan fingerprint density at radius 3 is 2.37 bits per heavy atom. The van der Waals surface area contributed by atoms with Gasteiger partial charge in [0.15, 0.2) is 0 Å². The molecule has 0 aliphatic heterocycles. The Labute approximate surface area is 127 Å². The molecular formula is C13H14Cl2N2OS. The van der Waals surface area contributed by atoms with E-state index in [2.05, 4.69) is 0 Å². The highest BCUT2D eigenvalue weighted by atomic mass is 35.5. The lowest BCUT2D eigenvalue weighted by atomic mass is 10.2. The molecule has 1 amide bonds. The highest BCUT2D eigenvalue weighted by Gasteiger charge is 2.32. The van der Waals surface area contributed by atoms with Gasteiger partial charge in [0.25, 0.3) is 5.91 Å². The van der Waals surface area contributed by atoms with Gasteiger partial charge in [-0.25, -0.2) is 0 Å². The third-order valence-electron chi connectivity index (χ3n) is 2.96. The zero-order valence-corrected chi connectivity index (χ0v) is 12.6. The van der Waals surface area contributed by atoms with Crippen LogP contribution >= 0.6 is 35.4 Å². The Hall–Kier alpha value is -0.840. The molecule has 0 saturated heterocycles. The molecule has 19 heavy (non-hydrogen) atoms. The second-order valence-electron chi connectivity index (χ2n) is 4.60. The maximum atomic E-state index is 12.5. The smallest absolute Gasteiger partial charge is 0.254 e. The van der Waals surface area contributed by atoms with Crippen LogP contribution in [0.4, 0.5) is 0 Å².